The Kier molecular flexibility index (Phi) is 5.97. The summed E-state index contributed by atoms with van der Waals surface area (Å²) in [5.74, 6) is 1.16. The monoisotopic (exact) mass is 488 g/mol. The molecule has 3 heterocycles. The second-order valence-electron chi connectivity index (χ2n) is 7.63. The van der Waals surface area contributed by atoms with E-state index in [0.29, 0.717) is 24.7 Å². The number of sulfonamides is 1. The van der Waals surface area contributed by atoms with E-state index in [0.717, 1.165) is 22.1 Å². The summed E-state index contributed by atoms with van der Waals surface area (Å²) in [4.78, 5) is 30.9. The number of nitrogens with zero attached hydrogens (tertiary/aromatic N) is 8. The van der Waals surface area contributed by atoms with Crippen LogP contribution in [0.2, 0.25) is 0 Å². The first-order valence-electron chi connectivity index (χ1n) is 10.1. The van der Waals surface area contributed by atoms with Crippen molar-refractivity contribution < 1.29 is 18.3 Å². The number of aryl methyl sites for hydroxylation is 1. The van der Waals surface area contributed by atoms with Gasteiger partial charge in [0, 0.05) is 50.6 Å². The van der Waals surface area contributed by atoms with Crippen molar-refractivity contribution in [2.75, 3.05) is 31.1 Å². The zero-order valence-corrected chi connectivity index (χ0v) is 19.0. The number of nitro benzene ring substituents is 2. The molecule has 34 heavy (non-hydrogen) atoms. The Morgan fingerprint density at radius 3 is 2.03 bits per heavy atom. The van der Waals surface area contributed by atoms with Crippen molar-refractivity contribution in [2.45, 2.75) is 18.7 Å². The van der Waals surface area contributed by atoms with Crippen molar-refractivity contribution >= 4 is 27.2 Å². The Morgan fingerprint density at radius 2 is 1.50 bits per heavy atom. The Bertz CT molecular complexity index is 1350. The number of hydrogen-bond acceptors (Lipinski definition) is 10. The molecule has 1 aromatic carbocycles. The Labute approximate surface area is 193 Å². The molecule has 0 atom stereocenters. The zero-order chi connectivity index (χ0) is 24.6. The van der Waals surface area contributed by atoms with Crippen LogP contribution in [0.1, 0.15) is 11.3 Å². The molecule has 0 bridgehead atoms. The van der Waals surface area contributed by atoms with E-state index in [1.54, 1.807) is 16.9 Å². The fraction of sp³-hybridized carbons (Fsp3) is 0.316. The topological polar surface area (TPSA) is 170 Å². The maximum atomic E-state index is 13.2. The molecule has 0 radical (unpaired) electrons. The zero-order valence-electron chi connectivity index (χ0n) is 18.2. The number of anilines is 1. The third kappa shape index (κ3) is 4.29. The molecular formula is C19H20N8O6S. The van der Waals surface area contributed by atoms with Gasteiger partial charge >= 0.3 is 0 Å². The van der Waals surface area contributed by atoms with E-state index in [1.165, 1.54) is 13.3 Å². The molecule has 15 heteroatoms. The molecular weight excluding hydrogens is 468 g/mol. The first kappa shape index (κ1) is 23.2. The molecule has 0 aliphatic carbocycles. The highest BCUT2D eigenvalue weighted by atomic mass is 32.2. The van der Waals surface area contributed by atoms with Crippen molar-refractivity contribution in [2.24, 2.45) is 0 Å². The number of aromatic nitrogens is 4. The predicted octanol–water partition coefficient (Wildman–Crippen LogP) is 1.61. The van der Waals surface area contributed by atoms with Crippen LogP contribution in [0.25, 0.3) is 5.82 Å². The van der Waals surface area contributed by atoms with E-state index >= 15 is 0 Å². The lowest BCUT2D eigenvalue weighted by molar-refractivity contribution is -0.395. The van der Waals surface area contributed by atoms with Crippen molar-refractivity contribution in [3.63, 3.8) is 0 Å². The van der Waals surface area contributed by atoms with Crippen LogP contribution in [0.5, 0.6) is 0 Å². The van der Waals surface area contributed by atoms with Gasteiger partial charge in [-0.2, -0.15) is 9.40 Å². The van der Waals surface area contributed by atoms with E-state index in [1.807, 2.05) is 17.9 Å². The molecule has 0 saturated carbocycles. The minimum atomic E-state index is -4.19. The molecule has 4 rings (SSSR count). The highest BCUT2D eigenvalue weighted by molar-refractivity contribution is 7.89. The summed E-state index contributed by atoms with van der Waals surface area (Å²) in [6.07, 6.45) is 3.17. The smallest absolute Gasteiger partial charge is 0.280 e. The summed E-state index contributed by atoms with van der Waals surface area (Å²) in [6.45, 7) is 3.80. The van der Waals surface area contributed by atoms with Gasteiger partial charge in [-0.15, -0.1) is 0 Å². The van der Waals surface area contributed by atoms with Crippen LogP contribution in [0.3, 0.4) is 0 Å². The molecule has 14 nitrogen and oxygen atoms in total. The van der Waals surface area contributed by atoms with Crippen LogP contribution in [0, 0.1) is 34.1 Å². The lowest BCUT2D eigenvalue weighted by atomic mass is 10.1. The largest absolute Gasteiger partial charge is 0.354 e. The van der Waals surface area contributed by atoms with Gasteiger partial charge in [-0.3, -0.25) is 20.2 Å². The summed E-state index contributed by atoms with van der Waals surface area (Å²) in [5.41, 5.74) is -0.608. The molecule has 1 aliphatic heterocycles. The lowest BCUT2D eigenvalue weighted by Gasteiger charge is -2.34. The van der Waals surface area contributed by atoms with Crippen molar-refractivity contribution in [1.29, 1.82) is 0 Å². The standard InChI is InChI=1S/C19H20N8O6S/c1-13-3-4-25(22-13)19-11-18(20-12-21-19)23-5-7-24(8-6-23)34(32,33)15-9-16(26(28)29)14(2)17(10-15)27(30)31/h3-4,9-12H,5-8H2,1-2H3. The van der Waals surface area contributed by atoms with E-state index in [-0.39, 0.29) is 18.7 Å². The van der Waals surface area contributed by atoms with Gasteiger partial charge in [0.15, 0.2) is 5.82 Å². The minimum absolute atomic E-state index is 0.0675. The highest BCUT2D eigenvalue weighted by Gasteiger charge is 2.33. The third-order valence-corrected chi connectivity index (χ3v) is 7.39. The molecule has 3 aromatic rings. The number of rotatable bonds is 6. The number of hydrogen-bond donors (Lipinski definition) is 0. The van der Waals surface area contributed by atoms with Gasteiger partial charge < -0.3 is 4.90 Å². The quantitative estimate of drug-likeness (QED) is 0.367. The summed E-state index contributed by atoms with van der Waals surface area (Å²) < 4.78 is 29.1. The normalized spacial score (nSPS) is 14.8. The average molecular weight is 488 g/mol. The minimum Gasteiger partial charge on any atom is -0.354 e. The molecule has 1 aliphatic rings. The SMILES string of the molecule is Cc1ccn(-c2cc(N3CCN(S(=O)(=O)c4cc([N+](=O)[O-])c(C)c([N+](=O)[O-])c4)CC3)ncn2)n1. The maximum absolute atomic E-state index is 13.2. The van der Waals surface area contributed by atoms with Crippen molar-refractivity contribution in [3.8, 4) is 5.82 Å². The number of nitro groups is 2. The summed E-state index contributed by atoms with van der Waals surface area (Å²) >= 11 is 0. The van der Waals surface area contributed by atoms with Gasteiger partial charge in [0.1, 0.15) is 17.7 Å². The maximum Gasteiger partial charge on any atom is 0.280 e. The van der Waals surface area contributed by atoms with Gasteiger partial charge in [-0.05, 0) is 19.9 Å². The van der Waals surface area contributed by atoms with Crippen LogP contribution in [-0.4, -0.2) is 68.5 Å². The highest BCUT2D eigenvalue weighted by Crippen LogP contribution is 2.33. The molecule has 0 spiro atoms. The van der Waals surface area contributed by atoms with E-state index < -0.39 is 36.1 Å². The first-order chi connectivity index (χ1) is 16.1. The third-order valence-electron chi connectivity index (χ3n) is 5.52. The Hall–Kier alpha value is -3.98. The molecule has 178 valence electrons. The molecule has 0 N–H and O–H groups in total. The van der Waals surface area contributed by atoms with E-state index in [2.05, 4.69) is 15.1 Å². The molecule has 1 saturated heterocycles. The van der Waals surface area contributed by atoms with Gasteiger partial charge in [-0.1, -0.05) is 0 Å². The molecule has 1 fully saturated rings. The first-order valence-corrected chi connectivity index (χ1v) is 11.5. The Morgan fingerprint density at radius 1 is 0.912 bits per heavy atom. The van der Waals surface area contributed by atoms with E-state index in [4.69, 9.17) is 0 Å². The van der Waals surface area contributed by atoms with Gasteiger partial charge in [-0.25, -0.2) is 23.1 Å². The van der Waals surface area contributed by atoms with E-state index in [9.17, 15) is 28.6 Å². The molecule has 0 unspecified atom stereocenters. The molecule has 0 amide bonds. The summed E-state index contributed by atoms with van der Waals surface area (Å²) in [5, 5.41) is 27.0. The fourth-order valence-electron chi connectivity index (χ4n) is 3.67. The van der Waals surface area contributed by atoms with Gasteiger partial charge in [0.25, 0.3) is 11.4 Å². The van der Waals surface area contributed by atoms with Crippen LogP contribution < -0.4 is 4.90 Å². The van der Waals surface area contributed by atoms with Gasteiger partial charge in [0.05, 0.1) is 20.4 Å². The second kappa shape index (κ2) is 8.75. The average Bonchev–Trinajstić information content (AvgIpc) is 3.25. The second-order valence-corrected chi connectivity index (χ2v) is 9.57. The summed E-state index contributed by atoms with van der Waals surface area (Å²) in [7, 11) is -4.19. The number of benzene rings is 1. The predicted molar refractivity (Wildman–Crippen MR) is 119 cm³/mol. The van der Waals surface area contributed by atoms with Crippen LogP contribution in [0.15, 0.2) is 41.7 Å². The summed E-state index contributed by atoms with van der Waals surface area (Å²) in [6, 6.07) is 5.31. The van der Waals surface area contributed by atoms with Gasteiger partial charge in [0.2, 0.25) is 10.0 Å². The fourth-order valence-corrected chi connectivity index (χ4v) is 5.14. The van der Waals surface area contributed by atoms with Crippen molar-refractivity contribution in [1.82, 2.24) is 24.1 Å². The lowest BCUT2D eigenvalue weighted by Crippen LogP contribution is -2.49. The van der Waals surface area contributed by atoms with Crippen molar-refractivity contribution in [3.05, 3.63) is 68.3 Å². The van der Waals surface area contributed by atoms with Crippen LogP contribution in [-0.2, 0) is 10.0 Å². The van der Waals surface area contributed by atoms with Crippen LogP contribution in [0.4, 0.5) is 17.2 Å². The Balaban J connectivity index is 1.56. The number of piperazine rings is 1. The molecule has 2 aromatic heterocycles. The van der Waals surface area contributed by atoms with Crippen LogP contribution >= 0.6 is 0 Å².